The fourth-order valence-electron chi connectivity index (χ4n) is 3.99. The van der Waals surface area contributed by atoms with Gasteiger partial charge in [0.1, 0.15) is 11.5 Å². The van der Waals surface area contributed by atoms with Gasteiger partial charge in [0, 0.05) is 23.5 Å². The molecule has 0 saturated heterocycles. The van der Waals surface area contributed by atoms with Gasteiger partial charge >= 0.3 is 5.97 Å². The second-order valence-electron chi connectivity index (χ2n) is 10.6. The third kappa shape index (κ3) is 5.61. The number of hydrogen-bond acceptors (Lipinski definition) is 4. The predicted octanol–water partition coefficient (Wildman–Crippen LogP) is 6.26. The Kier molecular flexibility index (Phi) is 7.14. The molecule has 0 aliphatic heterocycles. The lowest BCUT2D eigenvalue weighted by Gasteiger charge is -2.28. The highest BCUT2D eigenvalue weighted by Crippen LogP contribution is 2.44. The average molecular weight is 427 g/mol. The summed E-state index contributed by atoms with van der Waals surface area (Å²) in [4.78, 5) is 11.7. The molecule has 31 heavy (non-hydrogen) atoms. The molecule has 170 valence electrons. The number of methoxy groups -OCH3 is 1. The van der Waals surface area contributed by atoms with Crippen LogP contribution >= 0.6 is 0 Å². The molecule has 4 heteroatoms. The lowest BCUT2D eigenvalue weighted by atomic mass is 9.78. The Morgan fingerprint density at radius 1 is 0.903 bits per heavy atom. The van der Waals surface area contributed by atoms with Gasteiger partial charge in [-0.05, 0) is 40.9 Å². The maximum absolute atomic E-state index is 11.7. The minimum atomic E-state index is -0.273. The molecule has 0 spiro atoms. The molecule has 0 aliphatic carbocycles. The van der Waals surface area contributed by atoms with Crippen LogP contribution in [0.5, 0.6) is 11.5 Å². The molecule has 1 atom stereocenters. The van der Waals surface area contributed by atoms with Gasteiger partial charge < -0.3 is 14.9 Å². The van der Waals surface area contributed by atoms with Gasteiger partial charge in [-0.25, -0.2) is 0 Å². The summed E-state index contributed by atoms with van der Waals surface area (Å²) in [5.74, 6) is 0.0496. The molecule has 0 bridgehead atoms. The number of carbonyl (C=O) groups is 1. The fraction of sp³-hybridized carbons (Fsp3) is 0.519. The Bertz CT molecular complexity index is 959. The largest absolute Gasteiger partial charge is 0.507 e. The topological polar surface area (TPSA) is 66.8 Å². The first kappa shape index (κ1) is 24.8. The lowest BCUT2D eigenvalue weighted by molar-refractivity contribution is -0.140. The van der Waals surface area contributed by atoms with Gasteiger partial charge in [0.15, 0.2) is 0 Å². The zero-order valence-corrected chi connectivity index (χ0v) is 20.5. The first-order valence-corrected chi connectivity index (χ1v) is 10.9. The summed E-state index contributed by atoms with van der Waals surface area (Å²) in [6, 6.07) is 7.95. The van der Waals surface area contributed by atoms with Gasteiger partial charge in [-0.2, -0.15) is 0 Å². The van der Waals surface area contributed by atoms with E-state index in [0.29, 0.717) is 6.42 Å². The Morgan fingerprint density at radius 3 is 1.87 bits per heavy atom. The van der Waals surface area contributed by atoms with Crippen molar-refractivity contribution in [2.45, 2.75) is 85.0 Å². The standard InChI is InChI=1S/C27H38O4/c1-16-12-19(24(29)21(13-16)26(3,4)5)17(2)20-14-18(10-11-23(28)31-9)15-22(25(20)30)27(6,7)8/h12-15,17,29-30H,10-11H2,1-9H3. The summed E-state index contributed by atoms with van der Waals surface area (Å²) < 4.78 is 4.79. The van der Waals surface area contributed by atoms with E-state index in [4.69, 9.17) is 4.74 Å². The zero-order valence-electron chi connectivity index (χ0n) is 20.5. The summed E-state index contributed by atoms with van der Waals surface area (Å²) >= 11 is 0. The molecule has 0 heterocycles. The predicted molar refractivity (Wildman–Crippen MR) is 126 cm³/mol. The molecule has 0 radical (unpaired) electrons. The van der Waals surface area contributed by atoms with E-state index in [9.17, 15) is 15.0 Å². The second-order valence-corrected chi connectivity index (χ2v) is 10.6. The SMILES string of the molecule is COC(=O)CCc1cc(C(C)c2cc(C)cc(C(C)(C)C)c2O)c(O)c(C(C)(C)C)c1. The highest BCUT2D eigenvalue weighted by Gasteiger charge is 2.28. The van der Waals surface area contributed by atoms with Crippen LogP contribution in [0.1, 0.15) is 94.2 Å². The minimum Gasteiger partial charge on any atom is -0.507 e. The lowest BCUT2D eigenvalue weighted by Crippen LogP contribution is -2.15. The number of phenols is 2. The van der Waals surface area contributed by atoms with Crippen LogP contribution in [-0.4, -0.2) is 23.3 Å². The highest BCUT2D eigenvalue weighted by molar-refractivity contribution is 5.69. The molecular formula is C27H38O4. The van der Waals surface area contributed by atoms with E-state index in [-0.39, 0.29) is 40.6 Å². The van der Waals surface area contributed by atoms with E-state index < -0.39 is 0 Å². The van der Waals surface area contributed by atoms with Gasteiger partial charge in [0.2, 0.25) is 0 Å². The Labute approximate surface area is 187 Å². The van der Waals surface area contributed by atoms with E-state index in [0.717, 1.165) is 33.4 Å². The first-order valence-electron chi connectivity index (χ1n) is 10.9. The molecule has 2 aromatic carbocycles. The number of aromatic hydroxyl groups is 2. The Hall–Kier alpha value is -2.49. The number of esters is 1. The fourth-order valence-corrected chi connectivity index (χ4v) is 3.99. The molecule has 2 N–H and O–H groups in total. The Morgan fingerprint density at radius 2 is 1.39 bits per heavy atom. The van der Waals surface area contributed by atoms with Crippen molar-refractivity contribution in [2.75, 3.05) is 7.11 Å². The molecule has 0 aliphatic rings. The summed E-state index contributed by atoms with van der Waals surface area (Å²) in [6.07, 6.45) is 0.811. The van der Waals surface area contributed by atoms with E-state index in [1.165, 1.54) is 7.11 Å². The van der Waals surface area contributed by atoms with Crippen molar-refractivity contribution in [3.63, 3.8) is 0 Å². The summed E-state index contributed by atoms with van der Waals surface area (Å²) in [5, 5.41) is 22.4. The number of hydrogen-bond donors (Lipinski definition) is 2. The number of ether oxygens (including phenoxy) is 1. The third-order valence-corrected chi connectivity index (χ3v) is 5.88. The molecule has 0 amide bonds. The smallest absolute Gasteiger partial charge is 0.305 e. The molecular weight excluding hydrogens is 388 g/mol. The van der Waals surface area contributed by atoms with Crippen molar-refractivity contribution in [3.05, 3.63) is 57.6 Å². The van der Waals surface area contributed by atoms with Gasteiger partial charge in [-0.1, -0.05) is 78.3 Å². The number of benzene rings is 2. The van der Waals surface area contributed by atoms with Gasteiger partial charge in [-0.3, -0.25) is 4.79 Å². The maximum Gasteiger partial charge on any atom is 0.305 e. The molecule has 0 aromatic heterocycles. The van der Waals surface area contributed by atoms with Crippen LogP contribution in [0.2, 0.25) is 0 Å². The van der Waals surface area contributed by atoms with Gasteiger partial charge in [-0.15, -0.1) is 0 Å². The van der Waals surface area contributed by atoms with Crippen LogP contribution < -0.4 is 0 Å². The van der Waals surface area contributed by atoms with Crippen LogP contribution in [-0.2, 0) is 26.8 Å². The quantitative estimate of drug-likeness (QED) is 0.554. The van der Waals surface area contributed by atoms with Crippen LogP contribution in [0.25, 0.3) is 0 Å². The minimum absolute atomic E-state index is 0.203. The van der Waals surface area contributed by atoms with Crippen molar-refractivity contribution in [3.8, 4) is 11.5 Å². The maximum atomic E-state index is 11.7. The molecule has 2 rings (SSSR count). The second kappa shape index (κ2) is 8.94. The van der Waals surface area contributed by atoms with E-state index >= 15 is 0 Å². The average Bonchev–Trinajstić information content (AvgIpc) is 2.65. The number of aryl methyl sites for hydroxylation is 2. The van der Waals surface area contributed by atoms with Gasteiger partial charge in [0.25, 0.3) is 0 Å². The summed E-state index contributed by atoms with van der Waals surface area (Å²) in [7, 11) is 1.39. The van der Waals surface area contributed by atoms with Crippen molar-refractivity contribution in [1.29, 1.82) is 0 Å². The van der Waals surface area contributed by atoms with Crippen LogP contribution in [0, 0.1) is 6.92 Å². The van der Waals surface area contributed by atoms with E-state index in [1.54, 1.807) is 0 Å². The van der Waals surface area contributed by atoms with Crippen LogP contribution in [0.3, 0.4) is 0 Å². The van der Waals surface area contributed by atoms with Crippen molar-refractivity contribution in [2.24, 2.45) is 0 Å². The van der Waals surface area contributed by atoms with E-state index in [2.05, 4.69) is 41.5 Å². The molecule has 1 unspecified atom stereocenters. The van der Waals surface area contributed by atoms with Crippen LogP contribution in [0.15, 0.2) is 24.3 Å². The number of rotatable bonds is 5. The third-order valence-electron chi connectivity index (χ3n) is 5.88. The summed E-state index contributed by atoms with van der Waals surface area (Å²) in [6.45, 7) is 16.5. The normalized spacial score (nSPS) is 13.2. The molecule has 4 nitrogen and oxygen atoms in total. The number of carbonyl (C=O) groups excluding carboxylic acids is 1. The van der Waals surface area contributed by atoms with Gasteiger partial charge in [0.05, 0.1) is 7.11 Å². The van der Waals surface area contributed by atoms with E-state index in [1.807, 2.05) is 38.1 Å². The van der Waals surface area contributed by atoms with Crippen molar-refractivity contribution >= 4 is 5.97 Å². The van der Waals surface area contributed by atoms with Crippen molar-refractivity contribution in [1.82, 2.24) is 0 Å². The highest BCUT2D eigenvalue weighted by atomic mass is 16.5. The number of phenolic OH excluding ortho intramolecular Hbond substituents is 2. The van der Waals surface area contributed by atoms with Crippen molar-refractivity contribution < 1.29 is 19.7 Å². The summed E-state index contributed by atoms with van der Waals surface area (Å²) in [5.41, 5.74) is 4.85. The monoisotopic (exact) mass is 426 g/mol. The first-order chi connectivity index (χ1) is 14.2. The van der Waals surface area contributed by atoms with Crippen LogP contribution in [0.4, 0.5) is 0 Å². The molecule has 0 fully saturated rings. The Balaban J connectivity index is 2.66. The zero-order chi connectivity index (χ0) is 23.7. The molecule has 0 saturated carbocycles. The molecule has 2 aromatic rings.